The standard InChI is InChI=1S/C23H21NOP.ClH/c1-19-20(17-25-24-19)18-26(21-11-5-2-6-12-21,22-13-7-3-8-14-22)23-15-9-4-10-16-23;/h2-17H,18H2,1H3;1H/q+1;/p-1. The van der Waals surface area contributed by atoms with E-state index in [1.54, 1.807) is 6.26 Å². The van der Waals surface area contributed by atoms with Gasteiger partial charge in [0.15, 0.2) is 0 Å². The van der Waals surface area contributed by atoms with E-state index in [2.05, 4.69) is 96.2 Å². The zero-order chi connectivity index (χ0) is 17.8. The minimum atomic E-state index is -1.87. The summed E-state index contributed by atoms with van der Waals surface area (Å²) in [5.41, 5.74) is 2.15. The lowest BCUT2D eigenvalue weighted by molar-refractivity contribution is -0.00000546. The molecule has 27 heavy (non-hydrogen) atoms. The summed E-state index contributed by atoms with van der Waals surface area (Å²) in [6.45, 7) is 2.02. The van der Waals surface area contributed by atoms with E-state index < -0.39 is 7.26 Å². The number of rotatable bonds is 5. The third-order valence-corrected chi connectivity index (χ3v) is 9.20. The second-order valence-corrected chi connectivity index (χ2v) is 9.88. The maximum atomic E-state index is 5.27. The first-order valence-electron chi connectivity index (χ1n) is 8.75. The van der Waals surface area contributed by atoms with E-state index in [4.69, 9.17) is 4.52 Å². The van der Waals surface area contributed by atoms with Gasteiger partial charge in [-0.2, -0.15) is 0 Å². The predicted octanol–water partition coefficient (Wildman–Crippen LogP) is 1.48. The largest absolute Gasteiger partial charge is 1.00 e. The summed E-state index contributed by atoms with van der Waals surface area (Å²) in [6, 6.07) is 32.6. The molecule has 0 saturated carbocycles. The van der Waals surface area contributed by atoms with Crippen LogP contribution in [0.5, 0.6) is 0 Å². The molecule has 0 saturated heterocycles. The molecule has 1 heterocycles. The van der Waals surface area contributed by atoms with E-state index in [1.165, 1.54) is 21.5 Å². The number of hydrogen-bond acceptors (Lipinski definition) is 2. The molecule has 1 aromatic heterocycles. The Kier molecular flexibility index (Phi) is 6.11. The minimum Gasteiger partial charge on any atom is -1.00 e. The van der Waals surface area contributed by atoms with Crippen LogP contribution in [0, 0.1) is 6.92 Å². The van der Waals surface area contributed by atoms with E-state index in [1.807, 2.05) is 6.92 Å². The normalized spacial score (nSPS) is 11.0. The van der Waals surface area contributed by atoms with E-state index in [0.29, 0.717) is 0 Å². The summed E-state index contributed by atoms with van der Waals surface area (Å²) in [5, 5.41) is 8.24. The number of halogens is 1. The average Bonchev–Trinajstić information content (AvgIpc) is 3.12. The van der Waals surface area contributed by atoms with Crippen molar-refractivity contribution in [2.24, 2.45) is 0 Å². The maximum absolute atomic E-state index is 5.27. The van der Waals surface area contributed by atoms with Gasteiger partial charge in [-0.3, -0.25) is 0 Å². The molecule has 4 heteroatoms. The minimum absolute atomic E-state index is 0. The van der Waals surface area contributed by atoms with Crippen molar-refractivity contribution < 1.29 is 16.9 Å². The van der Waals surface area contributed by atoms with Crippen molar-refractivity contribution in [2.75, 3.05) is 0 Å². The van der Waals surface area contributed by atoms with E-state index in [9.17, 15) is 0 Å². The molecule has 0 N–H and O–H groups in total. The quantitative estimate of drug-likeness (QED) is 0.480. The highest BCUT2D eigenvalue weighted by atomic mass is 35.5. The molecule has 0 aliphatic rings. The highest BCUT2D eigenvalue weighted by molar-refractivity contribution is 7.95. The van der Waals surface area contributed by atoms with Crippen LogP contribution in [0.2, 0.25) is 0 Å². The summed E-state index contributed by atoms with van der Waals surface area (Å²) < 4.78 is 5.27. The monoisotopic (exact) mass is 393 g/mol. The molecule has 4 rings (SSSR count). The summed E-state index contributed by atoms with van der Waals surface area (Å²) in [7, 11) is -1.87. The number of benzene rings is 3. The first-order valence-corrected chi connectivity index (χ1v) is 10.7. The van der Waals surface area contributed by atoms with Crippen LogP contribution in [0.1, 0.15) is 11.3 Å². The van der Waals surface area contributed by atoms with Crippen molar-refractivity contribution in [3.8, 4) is 0 Å². The van der Waals surface area contributed by atoms with Gasteiger partial charge in [0.1, 0.15) is 35.6 Å². The lowest BCUT2D eigenvalue weighted by Crippen LogP contribution is -3.00. The summed E-state index contributed by atoms with van der Waals surface area (Å²) in [4.78, 5) is 0. The van der Waals surface area contributed by atoms with Crippen molar-refractivity contribution in [1.82, 2.24) is 5.16 Å². The molecule has 3 aromatic carbocycles. The molecule has 0 aliphatic carbocycles. The van der Waals surface area contributed by atoms with Gasteiger partial charge in [0.05, 0.1) is 11.3 Å². The fraction of sp³-hybridized carbons (Fsp3) is 0.0870. The molecule has 0 unspecified atom stereocenters. The van der Waals surface area contributed by atoms with Crippen LogP contribution in [0.4, 0.5) is 0 Å². The van der Waals surface area contributed by atoms with Gasteiger partial charge >= 0.3 is 0 Å². The van der Waals surface area contributed by atoms with Crippen molar-refractivity contribution in [3.05, 3.63) is 109 Å². The lowest BCUT2D eigenvalue weighted by Gasteiger charge is -2.27. The van der Waals surface area contributed by atoms with Crippen LogP contribution < -0.4 is 28.3 Å². The molecule has 4 aromatic rings. The number of aryl methyl sites for hydroxylation is 1. The Morgan fingerprint density at radius 2 is 1.11 bits per heavy atom. The molecule has 0 amide bonds. The molecule has 0 fully saturated rings. The molecule has 2 nitrogen and oxygen atoms in total. The third-order valence-electron chi connectivity index (χ3n) is 4.85. The first-order chi connectivity index (χ1) is 12.8. The molecule has 0 spiro atoms. The van der Waals surface area contributed by atoms with Crippen LogP contribution in [-0.4, -0.2) is 5.16 Å². The highest BCUT2D eigenvalue weighted by Crippen LogP contribution is 2.58. The highest BCUT2D eigenvalue weighted by Gasteiger charge is 2.46. The fourth-order valence-corrected chi connectivity index (χ4v) is 7.79. The summed E-state index contributed by atoms with van der Waals surface area (Å²) in [5.74, 6) is 0. The van der Waals surface area contributed by atoms with Gasteiger partial charge in [-0.1, -0.05) is 59.8 Å². The lowest BCUT2D eigenvalue weighted by atomic mass is 10.3. The van der Waals surface area contributed by atoms with Gasteiger partial charge in [0.25, 0.3) is 0 Å². The number of nitrogens with zero attached hydrogens (tertiary/aromatic N) is 1. The Labute approximate surface area is 167 Å². The average molecular weight is 394 g/mol. The zero-order valence-electron chi connectivity index (χ0n) is 15.1. The molecule has 0 radical (unpaired) electrons. The van der Waals surface area contributed by atoms with Crippen molar-refractivity contribution in [1.29, 1.82) is 0 Å². The maximum Gasteiger partial charge on any atom is 0.130 e. The zero-order valence-corrected chi connectivity index (χ0v) is 16.8. The van der Waals surface area contributed by atoms with Gasteiger partial charge in [-0.05, 0) is 43.3 Å². The topological polar surface area (TPSA) is 26.0 Å². The summed E-state index contributed by atoms with van der Waals surface area (Å²) in [6.07, 6.45) is 2.71. The molecule has 0 aliphatic heterocycles. The van der Waals surface area contributed by atoms with Gasteiger partial charge in [0.2, 0.25) is 0 Å². The molecule has 0 bridgehead atoms. The molecular formula is C23H21ClNOP. The van der Waals surface area contributed by atoms with E-state index in [-0.39, 0.29) is 12.4 Å². The molecular weight excluding hydrogens is 373 g/mol. The Morgan fingerprint density at radius 3 is 1.44 bits per heavy atom. The molecule has 0 atom stereocenters. The number of hydrogen-bond donors (Lipinski definition) is 0. The fourth-order valence-electron chi connectivity index (χ4n) is 3.49. The predicted molar refractivity (Wildman–Crippen MR) is 110 cm³/mol. The smallest absolute Gasteiger partial charge is 0.130 e. The Balaban J connectivity index is 0.00000210. The van der Waals surface area contributed by atoms with E-state index in [0.717, 1.165) is 11.9 Å². The third kappa shape index (κ3) is 3.69. The van der Waals surface area contributed by atoms with Gasteiger partial charge < -0.3 is 16.9 Å². The first kappa shape index (κ1) is 19.4. The van der Waals surface area contributed by atoms with Crippen LogP contribution >= 0.6 is 7.26 Å². The van der Waals surface area contributed by atoms with Crippen LogP contribution in [-0.2, 0) is 6.16 Å². The second-order valence-electron chi connectivity index (χ2n) is 6.40. The molecule has 136 valence electrons. The van der Waals surface area contributed by atoms with Crippen LogP contribution in [0.15, 0.2) is 102 Å². The van der Waals surface area contributed by atoms with Crippen molar-refractivity contribution >= 4 is 23.2 Å². The van der Waals surface area contributed by atoms with Crippen molar-refractivity contribution in [3.63, 3.8) is 0 Å². The SMILES string of the molecule is Cc1nocc1C[P+](c1ccccc1)(c1ccccc1)c1ccccc1.[Cl-]. The Bertz CT molecular complexity index is 874. The van der Waals surface area contributed by atoms with E-state index >= 15 is 0 Å². The Hall–Kier alpha value is -2.41. The Morgan fingerprint density at radius 1 is 0.704 bits per heavy atom. The van der Waals surface area contributed by atoms with Crippen molar-refractivity contribution in [2.45, 2.75) is 13.1 Å². The van der Waals surface area contributed by atoms with Crippen LogP contribution in [0.25, 0.3) is 0 Å². The van der Waals surface area contributed by atoms with Gasteiger partial charge in [0, 0.05) is 0 Å². The van der Waals surface area contributed by atoms with Gasteiger partial charge in [-0.25, -0.2) is 0 Å². The van der Waals surface area contributed by atoms with Gasteiger partial charge in [-0.15, -0.1) is 0 Å². The second kappa shape index (κ2) is 8.52. The van der Waals surface area contributed by atoms with Crippen LogP contribution in [0.3, 0.4) is 0 Å². The summed E-state index contributed by atoms with van der Waals surface area (Å²) >= 11 is 0. The number of aromatic nitrogens is 1.